The highest BCUT2D eigenvalue weighted by molar-refractivity contribution is 5.90. The summed E-state index contributed by atoms with van der Waals surface area (Å²) in [5.74, 6) is -0.507. The van der Waals surface area contributed by atoms with Gasteiger partial charge >= 0.3 is 12.0 Å². The fraction of sp³-hybridized carbons (Fsp3) is 0.583. The third kappa shape index (κ3) is 6.08. The number of carbonyl (C=O) groups excluding carboxylic acids is 4. The van der Waals surface area contributed by atoms with Crippen LogP contribution in [0.2, 0.25) is 0 Å². The van der Waals surface area contributed by atoms with E-state index in [1.165, 1.54) is 4.90 Å². The molecule has 1 aliphatic carbocycles. The highest BCUT2D eigenvalue weighted by Crippen LogP contribution is 2.43. The molecule has 3 amide bonds. The smallest absolute Gasteiger partial charge is 0.326 e. The molecular weight excluding hydrogens is 410 g/mol. The average molecular weight is 444 g/mol. The lowest BCUT2D eigenvalue weighted by Crippen LogP contribution is -2.58. The van der Waals surface area contributed by atoms with Crippen molar-refractivity contribution in [3.8, 4) is 0 Å². The number of aldehydes is 1. The molecule has 1 aromatic carbocycles. The molecule has 8 nitrogen and oxygen atoms in total. The minimum atomic E-state index is -0.831. The van der Waals surface area contributed by atoms with E-state index in [1.807, 2.05) is 51.1 Å². The number of amides is 3. The molecule has 0 spiro atoms. The molecule has 3 rings (SSSR count). The quantitative estimate of drug-likeness (QED) is 0.475. The van der Waals surface area contributed by atoms with E-state index in [4.69, 9.17) is 4.74 Å². The predicted octanol–water partition coefficient (Wildman–Crippen LogP) is 2.58. The summed E-state index contributed by atoms with van der Waals surface area (Å²) in [5, 5.41) is 5.20. The highest BCUT2D eigenvalue weighted by Gasteiger charge is 2.40. The first kappa shape index (κ1) is 23.8. The van der Waals surface area contributed by atoms with Crippen molar-refractivity contribution >= 4 is 24.2 Å². The van der Waals surface area contributed by atoms with Crippen molar-refractivity contribution in [3.63, 3.8) is 0 Å². The average Bonchev–Trinajstić information content (AvgIpc) is 3.49. The molecule has 1 heterocycles. The molecule has 8 heteroatoms. The summed E-state index contributed by atoms with van der Waals surface area (Å²) in [6.45, 7) is 5.72. The number of benzene rings is 1. The molecule has 3 atom stereocenters. The number of likely N-dealkylation sites (tertiary alicyclic amines) is 1. The van der Waals surface area contributed by atoms with Gasteiger partial charge in [-0.15, -0.1) is 0 Å². The topological polar surface area (TPSA) is 105 Å². The number of hydrogen-bond donors (Lipinski definition) is 2. The van der Waals surface area contributed by atoms with Crippen LogP contribution in [0.5, 0.6) is 0 Å². The van der Waals surface area contributed by atoms with Crippen LogP contribution in [-0.4, -0.2) is 54.3 Å². The van der Waals surface area contributed by atoms with E-state index in [1.54, 1.807) is 0 Å². The zero-order valence-electron chi connectivity index (χ0n) is 19.0. The monoisotopic (exact) mass is 443 g/mol. The lowest BCUT2D eigenvalue weighted by atomic mass is 9.85. The summed E-state index contributed by atoms with van der Waals surface area (Å²) in [5.41, 5.74) is 0.372. The van der Waals surface area contributed by atoms with Gasteiger partial charge in [0.05, 0.1) is 6.04 Å². The Labute approximate surface area is 189 Å². The lowest BCUT2D eigenvalue weighted by molar-refractivity contribution is -0.149. The number of hydrogen-bond acceptors (Lipinski definition) is 5. The van der Waals surface area contributed by atoms with Crippen LogP contribution >= 0.6 is 0 Å². The second kappa shape index (κ2) is 10.1. The highest BCUT2D eigenvalue weighted by atomic mass is 16.5. The Hall–Kier alpha value is -2.90. The van der Waals surface area contributed by atoms with E-state index in [2.05, 4.69) is 10.6 Å². The third-order valence-electron chi connectivity index (χ3n) is 5.96. The van der Waals surface area contributed by atoms with Gasteiger partial charge in [0.15, 0.2) is 0 Å². The Morgan fingerprint density at radius 1 is 1.16 bits per heavy atom. The van der Waals surface area contributed by atoms with Gasteiger partial charge in [-0.1, -0.05) is 51.1 Å². The van der Waals surface area contributed by atoms with Gasteiger partial charge in [0.25, 0.3) is 0 Å². The SMILES string of the molecule is CC(C)(C)[C@H](NC(=O)NCC(=O)OC(c1ccccc1)C1CC1)C(=O)N1CCCC1C=O. The van der Waals surface area contributed by atoms with E-state index in [0.29, 0.717) is 18.9 Å². The van der Waals surface area contributed by atoms with Crippen molar-refractivity contribution in [1.29, 1.82) is 0 Å². The maximum Gasteiger partial charge on any atom is 0.326 e. The number of rotatable bonds is 8. The van der Waals surface area contributed by atoms with Crippen LogP contribution in [0.1, 0.15) is 58.1 Å². The Kier molecular flexibility index (Phi) is 7.53. The van der Waals surface area contributed by atoms with E-state index in [-0.39, 0.29) is 18.6 Å². The van der Waals surface area contributed by atoms with Crippen molar-refractivity contribution in [2.45, 2.75) is 64.6 Å². The van der Waals surface area contributed by atoms with Crippen LogP contribution in [0.15, 0.2) is 30.3 Å². The molecular formula is C24H33N3O5. The number of carbonyl (C=O) groups is 4. The number of ether oxygens (including phenoxy) is 1. The first-order valence-electron chi connectivity index (χ1n) is 11.2. The van der Waals surface area contributed by atoms with Gasteiger partial charge in [0, 0.05) is 12.5 Å². The minimum Gasteiger partial charge on any atom is -0.456 e. The number of esters is 1. The van der Waals surface area contributed by atoms with E-state index < -0.39 is 29.5 Å². The molecule has 1 saturated heterocycles. The molecule has 1 aliphatic heterocycles. The maximum absolute atomic E-state index is 13.1. The molecule has 2 N–H and O–H groups in total. The fourth-order valence-electron chi connectivity index (χ4n) is 4.02. The minimum absolute atomic E-state index is 0.289. The van der Waals surface area contributed by atoms with Gasteiger partial charge in [0.1, 0.15) is 25.0 Å². The van der Waals surface area contributed by atoms with Crippen molar-refractivity contribution in [3.05, 3.63) is 35.9 Å². The largest absolute Gasteiger partial charge is 0.456 e. The van der Waals surface area contributed by atoms with Gasteiger partial charge in [-0.2, -0.15) is 0 Å². The number of nitrogens with one attached hydrogen (secondary N) is 2. The Morgan fingerprint density at radius 3 is 2.44 bits per heavy atom. The molecule has 2 aliphatic rings. The second-order valence-corrected chi connectivity index (χ2v) is 9.66. The van der Waals surface area contributed by atoms with Crippen LogP contribution in [0, 0.1) is 11.3 Å². The molecule has 174 valence electrons. The van der Waals surface area contributed by atoms with E-state index in [9.17, 15) is 19.2 Å². The zero-order valence-corrected chi connectivity index (χ0v) is 19.0. The van der Waals surface area contributed by atoms with Crippen molar-refractivity contribution < 1.29 is 23.9 Å². The molecule has 0 bridgehead atoms. The third-order valence-corrected chi connectivity index (χ3v) is 5.96. The van der Waals surface area contributed by atoms with Crippen LogP contribution in [0.4, 0.5) is 4.79 Å². The summed E-state index contributed by atoms with van der Waals surface area (Å²) >= 11 is 0. The molecule has 2 unspecified atom stereocenters. The first-order chi connectivity index (χ1) is 15.2. The van der Waals surface area contributed by atoms with Gasteiger partial charge in [0.2, 0.25) is 5.91 Å². The van der Waals surface area contributed by atoms with Gasteiger partial charge in [-0.25, -0.2) is 4.79 Å². The van der Waals surface area contributed by atoms with Crippen molar-refractivity contribution in [1.82, 2.24) is 15.5 Å². The lowest BCUT2D eigenvalue weighted by Gasteiger charge is -2.34. The molecule has 1 aromatic rings. The van der Waals surface area contributed by atoms with Crippen LogP contribution in [-0.2, 0) is 19.1 Å². The molecule has 0 radical (unpaired) electrons. The summed E-state index contributed by atoms with van der Waals surface area (Å²) in [6.07, 6.45) is 3.88. The van der Waals surface area contributed by atoms with Gasteiger partial charge in [-0.05, 0) is 36.7 Å². The van der Waals surface area contributed by atoms with E-state index >= 15 is 0 Å². The van der Waals surface area contributed by atoms with Gasteiger partial charge in [-0.3, -0.25) is 9.59 Å². The second-order valence-electron chi connectivity index (χ2n) is 9.66. The van der Waals surface area contributed by atoms with E-state index in [0.717, 1.165) is 31.1 Å². The number of urea groups is 1. The summed E-state index contributed by atoms with van der Waals surface area (Å²) < 4.78 is 5.65. The summed E-state index contributed by atoms with van der Waals surface area (Å²) in [7, 11) is 0. The first-order valence-corrected chi connectivity index (χ1v) is 11.2. The zero-order chi connectivity index (χ0) is 23.3. The molecule has 32 heavy (non-hydrogen) atoms. The Balaban J connectivity index is 1.55. The summed E-state index contributed by atoms with van der Waals surface area (Å²) in [4.78, 5) is 50.8. The molecule has 2 fully saturated rings. The molecule has 1 saturated carbocycles. The Bertz CT molecular complexity index is 832. The summed E-state index contributed by atoms with van der Waals surface area (Å²) in [6, 6.07) is 7.68. The van der Waals surface area contributed by atoms with Crippen molar-refractivity contribution in [2.75, 3.05) is 13.1 Å². The Morgan fingerprint density at radius 2 is 1.84 bits per heavy atom. The predicted molar refractivity (Wildman–Crippen MR) is 119 cm³/mol. The van der Waals surface area contributed by atoms with Crippen molar-refractivity contribution in [2.24, 2.45) is 11.3 Å². The standard InChI is InChI=1S/C24H33N3O5/c1-24(2,3)21(22(30)27-13-7-10-18(27)15-28)26-23(31)25-14-19(29)32-20(17-11-12-17)16-8-5-4-6-9-16/h4-6,8-9,15,17-18,20-21H,7,10-14H2,1-3H3,(H2,25,26,31)/t18?,20?,21-/m1/s1. The number of nitrogens with zero attached hydrogens (tertiary/aromatic N) is 1. The molecule has 0 aromatic heterocycles. The fourth-order valence-corrected chi connectivity index (χ4v) is 4.02. The van der Waals surface area contributed by atoms with Crippen LogP contribution < -0.4 is 10.6 Å². The maximum atomic E-state index is 13.1. The normalized spacial score (nSPS) is 20.2. The van der Waals surface area contributed by atoms with Crippen LogP contribution in [0.3, 0.4) is 0 Å². The van der Waals surface area contributed by atoms with Gasteiger partial charge < -0.3 is 25.1 Å². The van der Waals surface area contributed by atoms with Crippen LogP contribution in [0.25, 0.3) is 0 Å².